The van der Waals surface area contributed by atoms with Gasteiger partial charge in [-0.3, -0.25) is 4.55 Å². The van der Waals surface area contributed by atoms with Gasteiger partial charge in [-0.25, -0.2) is 14.6 Å². The van der Waals surface area contributed by atoms with Gasteiger partial charge in [0.1, 0.15) is 35.5 Å². The van der Waals surface area contributed by atoms with Crippen molar-refractivity contribution in [3.05, 3.63) is 6.33 Å². The van der Waals surface area contributed by atoms with Gasteiger partial charge in [0.15, 0.2) is 11.9 Å². The summed E-state index contributed by atoms with van der Waals surface area (Å²) in [4.78, 5) is 8.00. The van der Waals surface area contributed by atoms with Gasteiger partial charge < -0.3 is 20.7 Å². The minimum absolute atomic E-state index is 0.207. The molecule has 25 heavy (non-hydrogen) atoms. The van der Waals surface area contributed by atoms with Gasteiger partial charge in [-0.15, -0.1) is 11.8 Å². The molecular weight excluding hydrogens is 376 g/mol. The molecule has 0 bridgehead atoms. The summed E-state index contributed by atoms with van der Waals surface area (Å²) in [6, 6.07) is 0. The molecule has 138 valence electrons. The van der Waals surface area contributed by atoms with Crippen molar-refractivity contribution in [2.45, 2.75) is 29.6 Å². The molecule has 3 heterocycles. The van der Waals surface area contributed by atoms with Crippen LogP contribution < -0.4 is 10.5 Å². The van der Waals surface area contributed by atoms with E-state index in [1.807, 2.05) is 0 Å². The zero-order chi connectivity index (χ0) is 18.4. The van der Waals surface area contributed by atoms with Crippen LogP contribution in [0.5, 0.6) is 0 Å². The number of nitrogens with one attached hydrogen (secondary N) is 1. The molecule has 0 unspecified atom stereocenters. The molecule has 0 aromatic carbocycles. The van der Waals surface area contributed by atoms with Crippen LogP contribution in [0.1, 0.15) is 6.23 Å². The topological polar surface area (TPSA) is 186 Å². The fraction of sp³-hybridized carbons (Fsp3) is 0.545. The Kier molecular flexibility index (Phi) is 4.84. The highest BCUT2D eigenvalue weighted by molar-refractivity contribution is 7.98. The Balaban J connectivity index is 1.94. The number of ether oxygens (including phenoxy) is 1. The number of nitrogen functional groups attached to an aromatic ring is 1. The summed E-state index contributed by atoms with van der Waals surface area (Å²) in [5.74, 6) is 0.207. The molecule has 0 aliphatic carbocycles. The molecule has 0 spiro atoms. The Morgan fingerprint density at radius 3 is 2.76 bits per heavy atom. The second-order valence-electron chi connectivity index (χ2n) is 5.28. The quantitative estimate of drug-likeness (QED) is 0.284. The molecule has 0 amide bonds. The second kappa shape index (κ2) is 6.64. The van der Waals surface area contributed by atoms with Crippen molar-refractivity contribution in [3.8, 4) is 0 Å². The van der Waals surface area contributed by atoms with Gasteiger partial charge in [-0.1, -0.05) is 0 Å². The molecule has 14 heteroatoms. The number of nitrogens with zero attached hydrogens (tertiary/aromatic N) is 4. The van der Waals surface area contributed by atoms with Crippen LogP contribution in [0.3, 0.4) is 0 Å². The number of aliphatic hydroxyl groups excluding tert-OH is 2. The Hall–Kier alpha value is -1.55. The van der Waals surface area contributed by atoms with Crippen LogP contribution >= 0.6 is 11.8 Å². The zero-order valence-electron chi connectivity index (χ0n) is 12.8. The monoisotopic (exact) mass is 392 g/mol. The van der Waals surface area contributed by atoms with E-state index in [1.165, 1.54) is 22.8 Å². The second-order valence-corrected chi connectivity index (χ2v) is 7.31. The van der Waals surface area contributed by atoms with Crippen molar-refractivity contribution in [3.63, 3.8) is 0 Å². The Morgan fingerprint density at radius 2 is 2.12 bits per heavy atom. The highest BCUT2D eigenvalue weighted by Crippen LogP contribution is 2.35. The van der Waals surface area contributed by atoms with Crippen LogP contribution in [0.4, 0.5) is 5.82 Å². The summed E-state index contributed by atoms with van der Waals surface area (Å²) in [6.07, 6.45) is -2.02. The minimum atomic E-state index is -4.46. The molecule has 2 aromatic heterocycles. The van der Waals surface area contributed by atoms with Crippen LogP contribution in [0, 0.1) is 0 Å². The van der Waals surface area contributed by atoms with Gasteiger partial charge in [0.25, 0.3) is 0 Å². The average Bonchev–Trinajstić information content (AvgIpc) is 3.05. The zero-order valence-corrected chi connectivity index (χ0v) is 14.5. The molecule has 1 saturated heterocycles. The number of thioether (sulfide) groups is 1. The molecule has 1 aliphatic rings. The van der Waals surface area contributed by atoms with E-state index in [1.54, 1.807) is 11.0 Å². The molecule has 6 N–H and O–H groups in total. The van der Waals surface area contributed by atoms with E-state index >= 15 is 0 Å². The van der Waals surface area contributed by atoms with Crippen molar-refractivity contribution in [2.24, 2.45) is 0 Å². The van der Waals surface area contributed by atoms with E-state index in [-0.39, 0.29) is 5.82 Å². The smallest absolute Gasteiger partial charge is 0.333 e. The molecule has 12 nitrogen and oxygen atoms in total. The summed E-state index contributed by atoms with van der Waals surface area (Å²) in [7, 11) is -4.46. The van der Waals surface area contributed by atoms with Gasteiger partial charge in [0, 0.05) is 6.54 Å². The Morgan fingerprint density at radius 1 is 1.40 bits per heavy atom. The molecule has 3 rings (SSSR count). The molecule has 2 aromatic rings. The van der Waals surface area contributed by atoms with Gasteiger partial charge in [-0.2, -0.15) is 18.2 Å². The molecule has 1 aliphatic heterocycles. The summed E-state index contributed by atoms with van der Waals surface area (Å²) >= 11 is 1.29. The molecule has 4 atom stereocenters. The first-order chi connectivity index (χ1) is 11.7. The van der Waals surface area contributed by atoms with E-state index in [0.717, 1.165) is 0 Å². The van der Waals surface area contributed by atoms with Crippen LogP contribution in [-0.4, -0.2) is 74.0 Å². The van der Waals surface area contributed by atoms with Gasteiger partial charge in [0.05, 0.1) is 5.39 Å². The van der Waals surface area contributed by atoms with E-state index in [4.69, 9.17) is 15.0 Å². The maximum atomic E-state index is 10.8. The van der Waals surface area contributed by atoms with Crippen molar-refractivity contribution < 1.29 is 27.9 Å². The number of hydrogen-bond acceptors (Lipinski definition) is 10. The fourth-order valence-electron chi connectivity index (χ4n) is 2.57. The molecular formula is C11H16N6O6S2. The number of hydrogen-bond donors (Lipinski definition) is 5. The van der Waals surface area contributed by atoms with Gasteiger partial charge >= 0.3 is 10.3 Å². The molecule has 0 saturated carbocycles. The first-order valence-electron chi connectivity index (χ1n) is 6.99. The van der Waals surface area contributed by atoms with E-state index < -0.39 is 41.4 Å². The summed E-state index contributed by atoms with van der Waals surface area (Å²) in [6.45, 7) is -0.431. The lowest BCUT2D eigenvalue weighted by atomic mass is 10.1. The number of aliphatic hydroxyl groups is 2. The Bertz CT molecular complexity index is 889. The lowest BCUT2D eigenvalue weighted by molar-refractivity contribution is -0.0407. The molecule has 0 radical (unpaired) electrons. The van der Waals surface area contributed by atoms with E-state index in [0.29, 0.717) is 16.1 Å². The largest absolute Gasteiger partial charge is 0.387 e. The van der Waals surface area contributed by atoms with Crippen molar-refractivity contribution >= 4 is 38.9 Å². The predicted octanol–water partition coefficient (Wildman–Crippen LogP) is -1.86. The number of aromatic nitrogens is 4. The van der Waals surface area contributed by atoms with Crippen LogP contribution in [-0.2, 0) is 15.0 Å². The van der Waals surface area contributed by atoms with Crippen molar-refractivity contribution in [1.29, 1.82) is 0 Å². The standard InChI is InChI=1S/C11H16N6O6S2/c1-24-10-5-8(12)13-3-14-9(5)17(16-10)11-7(19)6(18)4(23-11)2-15-25(20,21)22/h3-4,6-7,11,15,18-19H,2H2,1H3,(H2,12,13,14)(H,20,21,22)/t4-,6-,7-,11-/m1/s1. The lowest BCUT2D eigenvalue weighted by Gasteiger charge is -2.15. The van der Waals surface area contributed by atoms with Crippen LogP contribution in [0.25, 0.3) is 11.0 Å². The average molecular weight is 392 g/mol. The first-order valence-corrected chi connectivity index (χ1v) is 9.65. The number of anilines is 1. The van der Waals surface area contributed by atoms with E-state index in [9.17, 15) is 18.6 Å². The first kappa shape index (κ1) is 18.2. The predicted molar refractivity (Wildman–Crippen MR) is 87.0 cm³/mol. The lowest BCUT2D eigenvalue weighted by Crippen LogP contribution is -2.39. The highest BCUT2D eigenvalue weighted by Gasteiger charge is 2.45. The summed E-state index contributed by atoms with van der Waals surface area (Å²) in [5.41, 5.74) is 6.16. The van der Waals surface area contributed by atoms with Crippen molar-refractivity contribution in [1.82, 2.24) is 24.5 Å². The summed E-state index contributed by atoms with van der Waals surface area (Å²) in [5, 5.41) is 25.6. The van der Waals surface area contributed by atoms with Crippen LogP contribution in [0.15, 0.2) is 11.4 Å². The maximum absolute atomic E-state index is 10.8. The fourth-order valence-corrected chi connectivity index (χ4v) is 3.52. The van der Waals surface area contributed by atoms with Gasteiger partial charge in [0.2, 0.25) is 0 Å². The number of fused-ring (bicyclic) bond motifs is 1. The third kappa shape index (κ3) is 3.41. The molecule has 1 fully saturated rings. The normalized spacial score (nSPS) is 27.2. The maximum Gasteiger partial charge on any atom is 0.333 e. The van der Waals surface area contributed by atoms with Crippen LogP contribution in [0.2, 0.25) is 0 Å². The highest BCUT2D eigenvalue weighted by atomic mass is 32.2. The SMILES string of the molecule is CSc1nn([C@@H]2O[C@H](CNS(=O)(=O)O)[C@@H](O)[C@H]2O)c2ncnc(N)c12. The van der Waals surface area contributed by atoms with Gasteiger partial charge in [-0.05, 0) is 6.26 Å². The number of nitrogens with two attached hydrogens (primary N) is 1. The Labute approximate surface area is 146 Å². The van der Waals surface area contributed by atoms with E-state index in [2.05, 4.69) is 15.1 Å². The number of rotatable bonds is 5. The summed E-state index contributed by atoms with van der Waals surface area (Å²) < 4.78 is 38.9. The minimum Gasteiger partial charge on any atom is -0.387 e. The van der Waals surface area contributed by atoms with Crippen molar-refractivity contribution in [2.75, 3.05) is 18.5 Å². The third-order valence-electron chi connectivity index (χ3n) is 3.72. The third-order valence-corrected chi connectivity index (χ3v) is 4.93.